The fraction of sp³-hybridized carbons (Fsp3) is 0. The van der Waals surface area contributed by atoms with Gasteiger partial charge in [0.2, 0.25) is 0 Å². The van der Waals surface area contributed by atoms with Crippen molar-refractivity contribution in [3.05, 3.63) is 163 Å². The van der Waals surface area contributed by atoms with Crippen LogP contribution < -0.4 is 0 Å². The van der Waals surface area contributed by atoms with E-state index in [0.29, 0.717) is 16.8 Å². The summed E-state index contributed by atoms with van der Waals surface area (Å²) in [7, 11) is 0. The van der Waals surface area contributed by atoms with Crippen LogP contribution in [0, 0.1) is 22.7 Å². The Balaban J connectivity index is 1.34. The maximum absolute atomic E-state index is 10.9. The van der Waals surface area contributed by atoms with Gasteiger partial charge in [0, 0.05) is 38.0 Å². The van der Waals surface area contributed by atoms with E-state index in [1.165, 1.54) is 10.8 Å². The Hall–Kier alpha value is -7.08. The standard InChI is InChI=1S/C44H25N5/c45-26-28-24-30(47-37-18-6-1-12-31(37)32-13-2-7-19-38(32)47)25-29(27-46)43(28)49-41-22-10-5-16-35(41)36-17-11-23-42(44(36)49)48-39-20-8-3-14-33(39)34-15-4-9-21-40(34)48/h1-25H. The summed E-state index contributed by atoms with van der Waals surface area (Å²) in [6, 6.07) is 57.0. The molecule has 0 fully saturated rings. The van der Waals surface area contributed by atoms with Gasteiger partial charge in [0.15, 0.2) is 0 Å². The number of benzene rings is 7. The largest absolute Gasteiger partial charge is 0.309 e. The first-order valence-corrected chi connectivity index (χ1v) is 16.2. The fourth-order valence-electron chi connectivity index (χ4n) is 7.96. The second kappa shape index (κ2) is 10.2. The molecule has 49 heavy (non-hydrogen) atoms. The monoisotopic (exact) mass is 623 g/mol. The lowest BCUT2D eigenvalue weighted by molar-refractivity contribution is 1.10. The van der Waals surface area contributed by atoms with E-state index in [0.717, 1.165) is 66.0 Å². The van der Waals surface area contributed by atoms with Gasteiger partial charge in [0.1, 0.15) is 12.1 Å². The van der Waals surface area contributed by atoms with Crippen LogP contribution >= 0.6 is 0 Å². The van der Waals surface area contributed by atoms with Gasteiger partial charge >= 0.3 is 0 Å². The molecule has 0 aliphatic carbocycles. The maximum Gasteiger partial charge on any atom is 0.101 e. The quantitative estimate of drug-likeness (QED) is 0.197. The maximum atomic E-state index is 10.9. The summed E-state index contributed by atoms with van der Waals surface area (Å²) in [5.74, 6) is 0. The molecule has 10 aromatic rings. The van der Waals surface area contributed by atoms with E-state index in [9.17, 15) is 10.5 Å². The molecule has 0 bridgehead atoms. The van der Waals surface area contributed by atoms with Crippen molar-refractivity contribution in [2.24, 2.45) is 0 Å². The molecule has 0 saturated heterocycles. The molecule has 0 radical (unpaired) electrons. The molecular weight excluding hydrogens is 599 g/mol. The van der Waals surface area contributed by atoms with E-state index in [1.54, 1.807) is 0 Å². The molecule has 0 spiro atoms. The fourth-order valence-corrected chi connectivity index (χ4v) is 7.96. The Morgan fingerprint density at radius 3 is 1.18 bits per heavy atom. The highest BCUT2D eigenvalue weighted by atomic mass is 15.1. The summed E-state index contributed by atoms with van der Waals surface area (Å²) in [6.07, 6.45) is 0. The van der Waals surface area contributed by atoms with Gasteiger partial charge in [-0.2, -0.15) is 10.5 Å². The molecule has 226 valence electrons. The molecule has 0 aliphatic rings. The molecule has 0 amide bonds. The molecule has 0 saturated carbocycles. The van der Waals surface area contributed by atoms with Crippen molar-refractivity contribution in [3.63, 3.8) is 0 Å². The summed E-state index contributed by atoms with van der Waals surface area (Å²) >= 11 is 0. The Bertz CT molecular complexity index is 2940. The highest BCUT2D eigenvalue weighted by molar-refractivity contribution is 6.15. The van der Waals surface area contributed by atoms with Crippen LogP contribution in [-0.2, 0) is 0 Å². The van der Waals surface area contributed by atoms with Crippen molar-refractivity contribution in [3.8, 4) is 29.2 Å². The van der Waals surface area contributed by atoms with Crippen LogP contribution in [0.15, 0.2) is 152 Å². The second-order valence-electron chi connectivity index (χ2n) is 12.4. The van der Waals surface area contributed by atoms with Gasteiger partial charge in [-0.05, 0) is 48.5 Å². The van der Waals surface area contributed by atoms with Gasteiger partial charge in [0.05, 0.1) is 55.6 Å². The lowest BCUT2D eigenvalue weighted by atomic mass is 10.1. The number of para-hydroxylation sites is 6. The number of rotatable bonds is 3. The molecule has 0 N–H and O–H groups in total. The van der Waals surface area contributed by atoms with E-state index in [4.69, 9.17) is 0 Å². The summed E-state index contributed by atoms with van der Waals surface area (Å²) in [4.78, 5) is 0. The van der Waals surface area contributed by atoms with Gasteiger partial charge in [-0.3, -0.25) is 0 Å². The first kappa shape index (κ1) is 27.1. The lowest BCUT2D eigenvalue weighted by Crippen LogP contribution is -2.06. The van der Waals surface area contributed by atoms with Gasteiger partial charge in [-0.1, -0.05) is 103 Å². The minimum absolute atomic E-state index is 0.426. The zero-order valence-electron chi connectivity index (χ0n) is 26.2. The predicted octanol–water partition coefficient (Wildman–Crippen LogP) is 10.7. The number of nitrogens with zero attached hydrogens (tertiary/aromatic N) is 5. The van der Waals surface area contributed by atoms with Crippen LogP contribution in [0.3, 0.4) is 0 Å². The Morgan fingerprint density at radius 2 is 0.735 bits per heavy atom. The molecular formula is C44H25N5. The number of hydrogen-bond acceptors (Lipinski definition) is 2. The number of hydrogen-bond donors (Lipinski definition) is 0. The van der Waals surface area contributed by atoms with Crippen LogP contribution in [0.1, 0.15) is 11.1 Å². The smallest absolute Gasteiger partial charge is 0.101 e. The van der Waals surface area contributed by atoms with Crippen LogP contribution in [0.5, 0.6) is 0 Å². The summed E-state index contributed by atoms with van der Waals surface area (Å²) in [5, 5.41) is 28.4. The third-order valence-electron chi connectivity index (χ3n) is 9.89. The van der Waals surface area contributed by atoms with Crippen molar-refractivity contribution in [2.75, 3.05) is 0 Å². The Labute approximate surface area is 280 Å². The van der Waals surface area contributed by atoms with E-state index in [2.05, 4.69) is 129 Å². The summed E-state index contributed by atoms with van der Waals surface area (Å²) < 4.78 is 6.61. The second-order valence-corrected chi connectivity index (χ2v) is 12.4. The van der Waals surface area contributed by atoms with Crippen LogP contribution in [-0.4, -0.2) is 13.7 Å². The van der Waals surface area contributed by atoms with Crippen molar-refractivity contribution in [1.82, 2.24) is 13.7 Å². The molecule has 5 nitrogen and oxygen atoms in total. The van der Waals surface area contributed by atoms with Gasteiger partial charge in [-0.15, -0.1) is 0 Å². The highest BCUT2D eigenvalue weighted by Gasteiger charge is 2.24. The van der Waals surface area contributed by atoms with E-state index < -0.39 is 0 Å². The van der Waals surface area contributed by atoms with Crippen molar-refractivity contribution >= 4 is 65.4 Å². The molecule has 0 aliphatic heterocycles. The third-order valence-corrected chi connectivity index (χ3v) is 9.89. The molecule has 0 atom stereocenters. The van der Waals surface area contributed by atoms with Crippen molar-refractivity contribution in [2.45, 2.75) is 0 Å². The average molecular weight is 624 g/mol. The lowest BCUT2D eigenvalue weighted by Gasteiger charge is -2.18. The molecule has 7 aromatic carbocycles. The Kier molecular flexibility index (Phi) is 5.64. The molecule has 10 rings (SSSR count). The molecule has 0 unspecified atom stereocenters. The van der Waals surface area contributed by atoms with Crippen LogP contribution in [0.4, 0.5) is 0 Å². The minimum Gasteiger partial charge on any atom is -0.309 e. The third kappa shape index (κ3) is 3.67. The average Bonchev–Trinajstić information content (AvgIpc) is 3.80. The normalized spacial score (nSPS) is 11.6. The minimum atomic E-state index is 0.426. The van der Waals surface area contributed by atoms with E-state index in [-0.39, 0.29) is 0 Å². The van der Waals surface area contributed by atoms with Gasteiger partial charge in [0.25, 0.3) is 0 Å². The SMILES string of the molecule is N#Cc1cc(-n2c3ccccc3c3ccccc32)cc(C#N)c1-n1c2ccccc2c2cccc(-n3c4ccccc4c4ccccc43)c21. The Morgan fingerprint density at radius 1 is 0.367 bits per heavy atom. The van der Waals surface area contributed by atoms with Gasteiger partial charge < -0.3 is 13.7 Å². The van der Waals surface area contributed by atoms with Gasteiger partial charge in [-0.25, -0.2) is 0 Å². The predicted molar refractivity (Wildman–Crippen MR) is 199 cm³/mol. The number of aromatic nitrogens is 3. The summed E-state index contributed by atoms with van der Waals surface area (Å²) in [6.45, 7) is 0. The zero-order chi connectivity index (χ0) is 32.6. The molecule has 3 aromatic heterocycles. The highest BCUT2D eigenvalue weighted by Crippen LogP contribution is 2.41. The van der Waals surface area contributed by atoms with E-state index in [1.807, 2.05) is 48.5 Å². The molecule has 5 heteroatoms. The number of nitriles is 2. The summed E-state index contributed by atoms with van der Waals surface area (Å²) in [5.41, 5.74) is 9.29. The van der Waals surface area contributed by atoms with Crippen molar-refractivity contribution < 1.29 is 0 Å². The first-order chi connectivity index (χ1) is 24.3. The molecule has 3 heterocycles. The number of fused-ring (bicyclic) bond motifs is 9. The first-order valence-electron chi connectivity index (χ1n) is 16.2. The topological polar surface area (TPSA) is 62.4 Å². The van der Waals surface area contributed by atoms with E-state index >= 15 is 0 Å². The van der Waals surface area contributed by atoms with Crippen molar-refractivity contribution in [1.29, 1.82) is 10.5 Å². The van der Waals surface area contributed by atoms with Crippen LogP contribution in [0.25, 0.3) is 82.5 Å². The zero-order valence-corrected chi connectivity index (χ0v) is 26.2. The van der Waals surface area contributed by atoms with Crippen LogP contribution in [0.2, 0.25) is 0 Å².